The van der Waals surface area contributed by atoms with Crippen molar-refractivity contribution in [1.82, 2.24) is 5.32 Å². The highest BCUT2D eigenvalue weighted by molar-refractivity contribution is 5.10. The summed E-state index contributed by atoms with van der Waals surface area (Å²) in [6, 6.07) is 0. The van der Waals surface area contributed by atoms with Crippen LogP contribution in [-0.2, 0) is 0 Å². The summed E-state index contributed by atoms with van der Waals surface area (Å²) in [6.45, 7) is 4.93. The second-order valence-corrected chi connectivity index (χ2v) is 6.01. The predicted octanol–water partition coefficient (Wildman–Crippen LogP) is 2.83. The molecule has 0 aromatic rings. The highest BCUT2D eigenvalue weighted by atomic mass is 14.9. The van der Waals surface area contributed by atoms with Crippen molar-refractivity contribution in [2.24, 2.45) is 29.6 Å². The molecule has 84 valence electrons. The van der Waals surface area contributed by atoms with Crippen LogP contribution in [0.4, 0.5) is 0 Å². The van der Waals surface area contributed by atoms with Crippen molar-refractivity contribution in [3.63, 3.8) is 0 Å². The first kappa shape index (κ1) is 9.89. The molecule has 3 aliphatic rings. The van der Waals surface area contributed by atoms with Crippen molar-refractivity contribution < 1.29 is 0 Å². The van der Waals surface area contributed by atoms with Gasteiger partial charge in [-0.3, -0.25) is 0 Å². The van der Waals surface area contributed by atoms with Crippen LogP contribution in [0, 0.1) is 29.6 Å². The summed E-state index contributed by atoms with van der Waals surface area (Å²) >= 11 is 0. The normalized spacial score (nSPS) is 39.9. The third kappa shape index (κ3) is 2.13. The number of rotatable bonds is 5. The lowest BCUT2D eigenvalue weighted by molar-refractivity contribution is 0.382. The van der Waals surface area contributed by atoms with Gasteiger partial charge in [0.2, 0.25) is 0 Å². The van der Waals surface area contributed by atoms with Gasteiger partial charge >= 0.3 is 0 Å². The first-order valence-electron chi connectivity index (χ1n) is 6.72. The number of hydrogen-bond donors (Lipinski definition) is 1. The number of fused-ring (bicyclic) bond motifs is 2. The third-order valence-electron chi connectivity index (χ3n) is 4.72. The van der Waals surface area contributed by atoms with E-state index in [1.54, 1.807) is 0 Å². The molecule has 0 aromatic heterocycles. The van der Waals surface area contributed by atoms with Crippen LogP contribution in [0.1, 0.15) is 32.6 Å². The van der Waals surface area contributed by atoms with Crippen LogP contribution in [0.5, 0.6) is 0 Å². The Kier molecular flexibility index (Phi) is 2.59. The summed E-state index contributed by atoms with van der Waals surface area (Å²) in [5.41, 5.74) is 0. The van der Waals surface area contributed by atoms with Gasteiger partial charge in [-0.25, -0.2) is 0 Å². The molecule has 0 heterocycles. The van der Waals surface area contributed by atoms with E-state index in [2.05, 4.69) is 24.4 Å². The molecule has 0 radical (unpaired) electrons. The zero-order valence-corrected chi connectivity index (χ0v) is 9.78. The summed E-state index contributed by atoms with van der Waals surface area (Å²) in [6.07, 6.45) is 10.8. The standard InChI is InChI=1S/C14H23N/c1-10(12-4-5-12)8-15-9-14-7-11-2-3-13(14)6-11/h2-3,10-15H,4-9H2,1H3. The number of hydrogen-bond acceptors (Lipinski definition) is 1. The minimum absolute atomic E-state index is 0.915. The molecule has 0 amide bonds. The van der Waals surface area contributed by atoms with E-state index in [4.69, 9.17) is 0 Å². The van der Waals surface area contributed by atoms with E-state index in [1.807, 2.05) is 0 Å². The van der Waals surface area contributed by atoms with E-state index in [0.29, 0.717) is 0 Å². The molecule has 0 aliphatic heterocycles. The van der Waals surface area contributed by atoms with Gasteiger partial charge in [0.05, 0.1) is 0 Å². The molecular weight excluding hydrogens is 182 g/mol. The van der Waals surface area contributed by atoms with Gasteiger partial charge in [0.1, 0.15) is 0 Å². The summed E-state index contributed by atoms with van der Waals surface area (Å²) in [4.78, 5) is 0. The molecule has 0 spiro atoms. The van der Waals surface area contributed by atoms with Gasteiger partial charge in [-0.05, 0) is 68.4 Å². The van der Waals surface area contributed by atoms with Crippen molar-refractivity contribution in [1.29, 1.82) is 0 Å². The summed E-state index contributed by atoms with van der Waals surface area (Å²) in [7, 11) is 0. The van der Waals surface area contributed by atoms with Crippen LogP contribution in [0.2, 0.25) is 0 Å². The molecule has 0 aromatic carbocycles. The Morgan fingerprint density at radius 2 is 2.13 bits per heavy atom. The molecule has 2 saturated carbocycles. The Labute approximate surface area is 93.3 Å². The minimum atomic E-state index is 0.915. The van der Waals surface area contributed by atoms with E-state index in [1.165, 1.54) is 38.8 Å². The fourth-order valence-corrected chi connectivity index (χ4v) is 3.46. The Bertz CT molecular complexity index is 254. The van der Waals surface area contributed by atoms with Crippen molar-refractivity contribution in [3.05, 3.63) is 12.2 Å². The molecule has 1 heteroatoms. The van der Waals surface area contributed by atoms with Gasteiger partial charge in [-0.15, -0.1) is 0 Å². The SMILES string of the molecule is CC(CNCC1CC2C=CC1C2)C1CC1. The molecular formula is C14H23N. The summed E-state index contributed by atoms with van der Waals surface area (Å²) in [5.74, 6) is 4.77. The number of nitrogens with one attached hydrogen (secondary N) is 1. The molecule has 4 atom stereocenters. The fraction of sp³-hybridized carbons (Fsp3) is 0.857. The van der Waals surface area contributed by atoms with Crippen molar-refractivity contribution in [2.75, 3.05) is 13.1 Å². The lowest BCUT2D eigenvalue weighted by atomic mass is 9.93. The van der Waals surface area contributed by atoms with Crippen LogP contribution in [0.3, 0.4) is 0 Å². The topological polar surface area (TPSA) is 12.0 Å². The van der Waals surface area contributed by atoms with Crippen LogP contribution in [0.15, 0.2) is 12.2 Å². The molecule has 15 heavy (non-hydrogen) atoms. The zero-order chi connectivity index (χ0) is 10.3. The lowest BCUT2D eigenvalue weighted by Gasteiger charge is -2.20. The molecule has 2 fully saturated rings. The average Bonchev–Trinajstić information content (AvgIpc) is 2.90. The van der Waals surface area contributed by atoms with Crippen molar-refractivity contribution in [2.45, 2.75) is 32.6 Å². The van der Waals surface area contributed by atoms with Gasteiger partial charge < -0.3 is 5.32 Å². The Balaban J connectivity index is 1.37. The zero-order valence-electron chi connectivity index (χ0n) is 9.78. The van der Waals surface area contributed by atoms with E-state index in [9.17, 15) is 0 Å². The maximum absolute atomic E-state index is 3.70. The predicted molar refractivity (Wildman–Crippen MR) is 63.6 cm³/mol. The second kappa shape index (κ2) is 3.93. The van der Waals surface area contributed by atoms with Crippen LogP contribution >= 0.6 is 0 Å². The Morgan fingerprint density at radius 3 is 2.73 bits per heavy atom. The van der Waals surface area contributed by atoms with Gasteiger partial charge in [0.15, 0.2) is 0 Å². The fourth-order valence-electron chi connectivity index (χ4n) is 3.46. The van der Waals surface area contributed by atoms with Crippen LogP contribution in [-0.4, -0.2) is 13.1 Å². The monoisotopic (exact) mass is 205 g/mol. The molecule has 3 aliphatic carbocycles. The molecule has 2 bridgehead atoms. The molecule has 1 nitrogen and oxygen atoms in total. The Morgan fingerprint density at radius 1 is 1.27 bits per heavy atom. The second-order valence-electron chi connectivity index (χ2n) is 6.01. The highest BCUT2D eigenvalue weighted by Crippen LogP contribution is 2.43. The van der Waals surface area contributed by atoms with E-state index in [-0.39, 0.29) is 0 Å². The minimum Gasteiger partial charge on any atom is -0.316 e. The van der Waals surface area contributed by atoms with E-state index >= 15 is 0 Å². The number of allylic oxidation sites excluding steroid dienone is 2. The maximum Gasteiger partial charge on any atom is -0.00146 e. The van der Waals surface area contributed by atoms with Crippen molar-refractivity contribution in [3.8, 4) is 0 Å². The van der Waals surface area contributed by atoms with E-state index < -0.39 is 0 Å². The first-order valence-corrected chi connectivity index (χ1v) is 6.72. The van der Waals surface area contributed by atoms with Gasteiger partial charge in [-0.1, -0.05) is 19.1 Å². The lowest BCUT2D eigenvalue weighted by Crippen LogP contribution is -2.29. The molecule has 0 saturated heterocycles. The maximum atomic E-state index is 3.70. The van der Waals surface area contributed by atoms with Crippen molar-refractivity contribution >= 4 is 0 Å². The smallest absolute Gasteiger partial charge is 0.00146 e. The van der Waals surface area contributed by atoms with Gasteiger partial charge in [0, 0.05) is 0 Å². The molecule has 3 rings (SSSR count). The quantitative estimate of drug-likeness (QED) is 0.681. The van der Waals surface area contributed by atoms with Gasteiger partial charge in [-0.2, -0.15) is 0 Å². The average molecular weight is 205 g/mol. The third-order valence-corrected chi connectivity index (χ3v) is 4.72. The largest absolute Gasteiger partial charge is 0.316 e. The highest BCUT2D eigenvalue weighted by Gasteiger charge is 2.35. The first-order chi connectivity index (χ1) is 7.33. The molecule has 1 N–H and O–H groups in total. The van der Waals surface area contributed by atoms with Gasteiger partial charge in [0.25, 0.3) is 0 Å². The summed E-state index contributed by atoms with van der Waals surface area (Å²) < 4.78 is 0. The molecule has 4 unspecified atom stereocenters. The Hall–Kier alpha value is -0.300. The summed E-state index contributed by atoms with van der Waals surface area (Å²) in [5, 5.41) is 3.70. The van der Waals surface area contributed by atoms with Crippen LogP contribution < -0.4 is 5.32 Å². The van der Waals surface area contributed by atoms with E-state index in [0.717, 1.165) is 29.6 Å². The van der Waals surface area contributed by atoms with Crippen LogP contribution in [0.25, 0.3) is 0 Å².